The molecule has 7 heteroatoms. The smallest absolute Gasteiger partial charge is 0.239 e. The molecule has 2 rings (SSSR count). The van der Waals surface area contributed by atoms with Crippen molar-refractivity contribution in [1.29, 1.82) is 0 Å². The van der Waals surface area contributed by atoms with Gasteiger partial charge in [0.1, 0.15) is 11.2 Å². The number of hydrogen-bond donors (Lipinski definition) is 2. The van der Waals surface area contributed by atoms with Gasteiger partial charge in [-0.1, -0.05) is 29.3 Å². The molecule has 122 valence electrons. The second-order valence-corrected chi connectivity index (χ2v) is 6.25. The number of para-hydroxylation sites is 1. The number of benzene rings is 1. The number of halogens is 2. The molecule has 0 saturated carbocycles. The highest BCUT2D eigenvalue weighted by molar-refractivity contribution is 6.40. The molecule has 0 bridgehead atoms. The van der Waals surface area contributed by atoms with Crippen LogP contribution in [0.5, 0.6) is 0 Å². The molecule has 0 atom stereocenters. The van der Waals surface area contributed by atoms with Crippen LogP contribution < -0.4 is 10.6 Å². The fourth-order valence-electron chi connectivity index (χ4n) is 1.79. The Morgan fingerprint density at radius 3 is 2.30 bits per heavy atom. The van der Waals surface area contributed by atoms with E-state index in [1.54, 1.807) is 30.3 Å². The summed E-state index contributed by atoms with van der Waals surface area (Å²) in [4.78, 5) is 24.7. The van der Waals surface area contributed by atoms with Crippen molar-refractivity contribution in [2.24, 2.45) is 5.41 Å². The third kappa shape index (κ3) is 4.06. The van der Waals surface area contributed by atoms with Crippen LogP contribution in [-0.4, -0.2) is 11.8 Å². The maximum atomic E-state index is 12.4. The quantitative estimate of drug-likeness (QED) is 0.800. The van der Waals surface area contributed by atoms with Crippen molar-refractivity contribution < 1.29 is 14.0 Å². The summed E-state index contributed by atoms with van der Waals surface area (Å²) in [5, 5.41) is 5.87. The molecule has 0 aliphatic rings. The zero-order chi connectivity index (χ0) is 17.0. The number of hydrogen-bond acceptors (Lipinski definition) is 3. The number of anilines is 1. The SMILES string of the molecule is CC(C)(C(=O)NCc1ccco1)C(=O)Nc1c(Cl)cccc1Cl. The topological polar surface area (TPSA) is 71.3 Å². The molecule has 0 aliphatic heterocycles. The van der Waals surface area contributed by atoms with Gasteiger partial charge in [-0.25, -0.2) is 0 Å². The Kier molecular flexibility index (Phi) is 5.34. The molecule has 0 spiro atoms. The van der Waals surface area contributed by atoms with E-state index >= 15 is 0 Å². The Bertz CT molecular complexity index is 692. The first-order valence-corrected chi connectivity index (χ1v) is 7.64. The van der Waals surface area contributed by atoms with Crippen LogP contribution in [-0.2, 0) is 16.1 Å². The lowest BCUT2D eigenvalue weighted by molar-refractivity contribution is -0.138. The molecule has 0 radical (unpaired) electrons. The first kappa shape index (κ1) is 17.4. The fraction of sp³-hybridized carbons (Fsp3) is 0.250. The van der Waals surface area contributed by atoms with Gasteiger partial charge in [-0.3, -0.25) is 9.59 Å². The lowest BCUT2D eigenvalue weighted by atomic mass is 9.91. The molecular formula is C16H16Cl2N2O3. The van der Waals surface area contributed by atoms with Crippen LogP contribution >= 0.6 is 23.2 Å². The Balaban J connectivity index is 2.05. The van der Waals surface area contributed by atoms with Crippen molar-refractivity contribution in [3.8, 4) is 0 Å². The highest BCUT2D eigenvalue weighted by Crippen LogP contribution is 2.31. The van der Waals surface area contributed by atoms with E-state index in [1.807, 2.05) is 0 Å². The van der Waals surface area contributed by atoms with Crippen LogP contribution in [0.3, 0.4) is 0 Å². The Morgan fingerprint density at radius 1 is 1.09 bits per heavy atom. The van der Waals surface area contributed by atoms with Crippen molar-refractivity contribution in [2.75, 3.05) is 5.32 Å². The molecule has 1 aromatic carbocycles. The van der Waals surface area contributed by atoms with Gasteiger partial charge in [-0.05, 0) is 38.1 Å². The van der Waals surface area contributed by atoms with E-state index in [2.05, 4.69) is 10.6 Å². The van der Waals surface area contributed by atoms with Gasteiger partial charge in [0.15, 0.2) is 0 Å². The average molecular weight is 355 g/mol. The van der Waals surface area contributed by atoms with Crippen LogP contribution in [0.2, 0.25) is 10.0 Å². The van der Waals surface area contributed by atoms with Gasteiger partial charge in [0.2, 0.25) is 11.8 Å². The minimum absolute atomic E-state index is 0.204. The Labute approximate surface area is 144 Å². The van der Waals surface area contributed by atoms with Crippen LogP contribution in [0, 0.1) is 5.41 Å². The first-order chi connectivity index (χ1) is 10.8. The van der Waals surface area contributed by atoms with E-state index in [1.165, 1.54) is 20.1 Å². The van der Waals surface area contributed by atoms with Gasteiger partial charge in [-0.15, -0.1) is 0 Å². The van der Waals surface area contributed by atoms with Gasteiger partial charge in [0, 0.05) is 0 Å². The Morgan fingerprint density at radius 2 is 1.74 bits per heavy atom. The fourth-order valence-corrected chi connectivity index (χ4v) is 2.28. The zero-order valence-corrected chi connectivity index (χ0v) is 14.2. The summed E-state index contributed by atoms with van der Waals surface area (Å²) in [7, 11) is 0. The van der Waals surface area contributed by atoms with Crippen molar-refractivity contribution in [3.63, 3.8) is 0 Å². The highest BCUT2D eigenvalue weighted by atomic mass is 35.5. The van der Waals surface area contributed by atoms with E-state index < -0.39 is 17.2 Å². The second-order valence-electron chi connectivity index (χ2n) is 5.44. The van der Waals surface area contributed by atoms with E-state index in [0.29, 0.717) is 15.8 Å². The van der Waals surface area contributed by atoms with E-state index in [4.69, 9.17) is 27.6 Å². The molecule has 5 nitrogen and oxygen atoms in total. The number of amides is 2. The predicted octanol–water partition coefficient (Wildman–Crippen LogP) is 3.87. The lowest BCUT2D eigenvalue weighted by Crippen LogP contribution is -2.44. The van der Waals surface area contributed by atoms with Crippen LogP contribution in [0.4, 0.5) is 5.69 Å². The van der Waals surface area contributed by atoms with Gasteiger partial charge in [-0.2, -0.15) is 0 Å². The molecule has 0 fully saturated rings. The lowest BCUT2D eigenvalue weighted by Gasteiger charge is -2.23. The third-order valence-corrected chi connectivity index (χ3v) is 3.97. The summed E-state index contributed by atoms with van der Waals surface area (Å²) in [6.45, 7) is 3.24. The standard InChI is InChI=1S/C16H16Cl2N2O3/c1-16(2,14(21)19-9-10-5-4-8-23-10)15(22)20-13-11(17)6-3-7-12(13)18/h3-8H,9H2,1-2H3,(H,19,21)(H,20,22). The first-order valence-electron chi connectivity index (χ1n) is 6.88. The zero-order valence-electron chi connectivity index (χ0n) is 12.7. The summed E-state index contributed by atoms with van der Waals surface area (Å²) in [5.74, 6) is -0.345. The van der Waals surface area contributed by atoms with Crippen molar-refractivity contribution >= 4 is 40.7 Å². The largest absolute Gasteiger partial charge is 0.467 e. The van der Waals surface area contributed by atoms with Crippen molar-refractivity contribution in [1.82, 2.24) is 5.32 Å². The molecule has 1 heterocycles. The van der Waals surface area contributed by atoms with Crippen LogP contribution in [0.25, 0.3) is 0 Å². The van der Waals surface area contributed by atoms with Crippen LogP contribution in [0.1, 0.15) is 19.6 Å². The minimum Gasteiger partial charge on any atom is -0.467 e. The van der Waals surface area contributed by atoms with Gasteiger partial charge in [0.05, 0.1) is 28.5 Å². The normalized spacial score (nSPS) is 11.1. The molecule has 2 aromatic rings. The van der Waals surface area contributed by atoms with Crippen molar-refractivity contribution in [2.45, 2.75) is 20.4 Å². The number of carbonyl (C=O) groups excluding carboxylic acids is 2. The molecule has 0 unspecified atom stereocenters. The molecule has 0 aliphatic carbocycles. The predicted molar refractivity (Wildman–Crippen MR) is 89.4 cm³/mol. The summed E-state index contributed by atoms with van der Waals surface area (Å²) < 4.78 is 5.13. The third-order valence-electron chi connectivity index (χ3n) is 3.34. The number of rotatable bonds is 5. The summed E-state index contributed by atoms with van der Waals surface area (Å²) in [6.07, 6.45) is 1.51. The monoisotopic (exact) mass is 354 g/mol. The number of carbonyl (C=O) groups is 2. The number of nitrogens with one attached hydrogen (secondary N) is 2. The molecule has 2 amide bonds. The Hall–Kier alpha value is -1.98. The van der Waals surface area contributed by atoms with Gasteiger partial charge in [0.25, 0.3) is 0 Å². The maximum absolute atomic E-state index is 12.4. The second kappa shape index (κ2) is 7.06. The summed E-state index contributed by atoms with van der Waals surface area (Å²) in [6, 6.07) is 8.33. The van der Waals surface area contributed by atoms with Gasteiger partial charge < -0.3 is 15.1 Å². The van der Waals surface area contributed by atoms with Crippen LogP contribution in [0.15, 0.2) is 41.0 Å². The van der Waals surface area contributed by atoms with E-state index in [0.717, 1.165) is 0 Å². The molecular weight excluding hydrogens is 339 g/mol. The minimum atomic E-state index is -1.31. The summed E-state index contributed by atoms with van der Waals surface area (Å²) >= 11 is 12.0. The number of furan rings is 1. The maximum Gasteiger partial charge on any atom is 0.239 e. The van der Waals surface area contributed by atoms with E-state index in [-0.39, 0.29) is 12.2 Å². The van der Waals surface area contributed by atoms with Gasteiger partial charge >= 0.3 is 0 Å². The summed E-state index contributed by atoms with van der Waals surface area (Å²) in [5.41, 5.74) is -1.03. The molecule has 2 N–H and O–H groups in total. The van der Waals surface area contributed by atoms with Crippen molar-refractivity contribution in [3.05, 3.63) is 52.4 Å². The molecule has 0 saturated heterocycles. The highest BCUT2D eigenvalue weighted by Gasteiger charge is 2.36. The molecule has 23 heavy (non-hydrogen) atoms. The molecule has 1 aromatic heterocycles. The average Bonchev–Trinajstić information content (AvgIpc) is 3.01. The van der Waals surface area contributed by atoms with E-state index in [9.17, 15) is 9.59 Å².